The number of fused-ring (bicyclic) bond motifs is 1. The normalized spacial score (nSPS) is 39.9. The van der Waals surface area contributed by atoms with Crippen LogP contribution in [0.4, 0.5) is 0 Å². The molecule has 0 spiro atoms. The number of hydrogen-bond acceptors (Lipinski definition) is 2. The van der Waals surface area contributed by atoms with Gasteiger partial charge in [0.05, 0.1) is 6.10 Å². The maximum absolute atomic E-state index is 5.75. The summed E-state index contributed by atoms with van der Waals surface area (Å²) in [6.45, 7) is 3.26. The van der Waals surface area contributed by atoms with Crippen LogP contribution in [0, 0.1) is 0 Å². The van der Waals surface area contributed by atoms with Gasteiger partial charge in [-0.05, 0) is 32.1 Å². The summed E-state index contributed by atoms with van der Waals surface area (Å²) in [6, 6.07) is 1.44. The molecular formula is C11H21NO. The van der Waals surface area contributed by atoms with Crippen LogP contribution < -0.4 is 5.32 Å². The fraction of sp³-hybridized carbons (Fsp3) is 1.00. The van der Waals surface area contributed by atoms with Crippen molar-refractivity contribution < 1.29 is 4.74 Å². The van der Waals surface area contributed by atoms with Crippen molar-refractivity contribution >= 4 is 0 Å². The van der Waals surface area contributed by atoms with Gasteiger partial charge in [-0.3, -0.25) is 0 Å². The Hall–Kier alpha value is -0.0800. The van der Waals surface area contributed by atoms with Gasteiger partial charge in [0.2, 0.25) is 0 Å². The van der Waals surface area contributed by atoms with Crippen LogP contribution in [0.3, 0.4) is 0 Å². The third-order valence-corrected chi connectivity index (χ3v) is 3.33. The summed E-state index contributed by atoms with van der Waals surface area (Å²) in [5.74, 6) is 0. The number of hydrogen-bond donors (Lipinski definition) is 1. The quantitative estimate of drug-likeness (QED) is 0.707. The number of rotatable bonds is 2. The molecule has 3 unspecified atom stereocenters. The predicted molar refractivity (Wildman–Crippen MR) is 53.8 cm³/mol. The summed E-state index contributed by atoms with van der Waals surface area (Å²) >= 11 is 0. The van der Waals surface area contributed by atoms with Crippen LogP contribution in [0.15, 0.2) is 0 Å². The highest BCUT2D eigenvalue weighted by molar-refractivity contribution is 4.89. The van der Waals surface area contributed by atoms with Gasteiger partial charge in [-0.25, -0.2) is 0 Å². The van der Waals surface area contributed by atoms with Crippen LogP contribution in [-0.2, 0) is 4.74 Å². The van der Waals surface area contributed by atoms with E-state index in [-0.39, 0.29) is 0 Å². The zero-order chi connectivity index (χ0) is 9.10. The zero-order valence-electron chi connectivity index (χ0n) is 8.59. The standard InChI is InChI=1S/C11H21NO/c1-2-4-9-6-7-11-10(12-9)5-3-8-13-11/h9-12H,2-8H2,1H3. The van der Waals surface area contributed by atoms with Crippen molar-refractivity contribution in [2.75, 3.05) is 6.61 Å². The lowest BCUT2D eigenvalue weighted by atomic mass is 9.89. The van der Waals surface area contributed by atoms with E-state index in [0.29, 0.717) is 12.1 Å². The molecule has 13 heavy (non-hydrogen) atoms. The first-order valence-corrected chi connectivity index (χ1v) is 5.78. The first-order valence-electron chi connectivity index (χ1n) is 5.78. The van der Waals surface area contributed by atoms with E-state index in [1.165, 1.54) is 38.5 Å². The summed E-state index contributed by atoms with van der Waals surface area (Å²) in [6.07, 6.45) is 8.33. The van der Waals surface area contributed by atoms with E-state index in [0.717, 1.165) is 12.6 Å². The summed E-state index contributed by atoms with van der Waals surface area (Å²) < 4.78 is 5.75. The van der Waals surface area contributed by atoms with E-state index in [4.69, 9.17) is 4.74 Å². The molecule has 2 aliphatic rings. The van der Waals surface area contributed by atoms with Gasteiger partial charge in [0.25, 0.3) is 0 Å². The second kappa shape index (κ2) is 4.43. The summed E-state index contributed by atoms with van der Waals surface area (Å²) in [7, 11) is 0. The van der Waals surface area contributed by atoms with Crippen LogP contribution >= 0.6 is 0 Å². The summed E-state index contributed by atoms with van der Waals surface area (Å²) in [5.41, 5.74) is 0. The highest BCUT2D eigenvalue weighted by Crippen LogP contribution is 2.25. The van der Waals surface area contributed by atoms with E-state index in [2.05, 4.69) is 12.2 Å². The molecule has 3 atom stereocenters. The van der Waals surface area contributed by atoms with Crippen molar-refractivity contribution in [3.63, 3.8) is 0 Å². The van der Waals surface area contributed by atoms with Gasteiger partial charge in [0, 0.05) is 18.7 Å². The molecular weight excluding hydrogens is 162 g/mol. The molecule has 76 valence electrons. The zero-order valence-corrected chi connectivity index (χ0v) is 8.59. The summed E-state index contributed by atoms with van der Waals surface area (Å²) in [5, 5.41) is 3.73. The SMILES string of the molecule is CCCC1CCC2OCCCC2N1. The molecule has 0 saturated carbocycles. The molecule has 0 aromatic rings. The van der Waals surface area contributed by atoms with Gasteiger partial charge >= 0.3 is 0 Å². The van der Waals surface area contributed by atoms with Crippen LogP contribution in [0.2, 0.25) is 0 Å². The first kappa shape index (κ1) is 9.47. The molecule has 2 saturated heterocycles. The van der Waals surface area contributed by atoms with Gasteiger partial charge < -0.3 is 10.1 Å². The Morgan fingerprint density at radius 3 is 3.08 bits per heavy atom. The molecule has 0 bridgehead atoms. The molecule has 2 aliphatic heterocycles. The molecule has 2 nitrogen and oxygen atoms in total. The van der Waals surface area contributed by atoms with Crippen LogP contribution in [0.1, 0.15) is 45.4 Å². The fourth-order valence-corrected chi connectivity index (χ4v) is 2.64. The largest absolute Gasteiger partial charge is 0.377 e. The third kappa shape index (κ3) is 2.23. The topological polar surface area (TPSA) is 21.3 Å². The Morgan fingerprint density at radius 2 is 2.23 bits per heavy atom. The van der Waals surface area contributed by atoms with Gasteiger partial charge in [-0.15, -0.1) is 0 Å². The maximum atomic E-state index is 5.75. The lowest BCUT2D eigenvalue weighted by Gasteiger charge is -2.40. The Bertz CT molecular complexity index is 160. The van der Waals surface area contributed by atoms with Gasteiger partial charge in [-0.2, -0.15) is 0 Å². The predicted octanol–water partition coefficient (Wildman–Crippen LogP) is 2.09. The minimum atomic E-state index is 0.529. The first-order chi connectivity index (χ1) is 6.40. The highest BCUT2D eigenvalue weighted by Gasteiger charge is 2.31. The lowest BCUT2D eigenvalue weighted by Crippen LogP contribution is -2.53. The van der Waals surface area contributed by atoms with E-state index in [1.54, 1.807) is 0 Å². The molecule has 0 aromatic carbocycles. The molecule has 0 aromatic heterocycles. The fourth-order valence-electron chi connectivity index (χ4n) is 2.64. The Balaban J connectivity index is 1.84. The van der Waals surface area contributed by atoms with Crippen LogP contribution in [0.25, 0.3) is 0 Å². The average Bonchev–Trinajstić information content (AvgIpc) is 2.18. The number of ether oxygens (including phenoxy) is 1. The Kier molecular flexibility index (Phi) is 3.23. The molecule has 0 radical (unpaired) electrons. The molecule has 2 rings (SSSR count). The monoisotopic (exact) mass is 183 g/mol. The third-order valence-electron chi connectivity index (χ3n) is 3.33. The number of piperidine rings is 1. The van der Waals surface area contributed by atoms with Gasteiger partial charge in [0.15, 0.2) is 0 Å². The maximum Gasteiger partial charge on any atom is 0.0728 e. The Labute approximate surface area is 81.0 Å². The second-order valence-corrected chi connectivity index (χ2v) is 4.39. The summed E-state index contributed by atoms with van der Waals surface area (Å²) in [4.78, 5) is 0. The van der Waals surface area contributed by atoms with Crippen molar-refractivity contribution in [1.82, 2.24) is 5.32 Å². The molecule has 2 fully saturated rings. The van der Waals surface area contributed by atoms with Gasteiger partial charge in [0.1, 0.15) is 0 Å². The van der Waals surface area contributed by atoms with Crippen molar-refractivity contribution in [3.8, 4) is 0 Å². The highest BCUT2D eigenvalue weighted by atomic mass is 16.5. The van der Waals surface area contributed by atoms with Gasteiger partial charge in [-0.1, -0.05) is 13.3 Å². The van der Waals surface area contributed by atoms with E-state index in [9.17, 15) is 0 Å². The lowest BCUT2D eigenvalue weighted by molar-refractivity contribution is -0.0344. The average molecular weight is 183 g/mol. The smallest absolute Gasteiger partial charge is 0.0728 e. The van der Waals surface area contributed by atoms with Crippen molar-refractivity contribution in [3.05, 3.63) is 0 Å². The molecule has 0 amide bonds. The van der Waals surface area contributed by atoms with E-state index >= 15 is 0 Å². The molecule has 0 aliphatic carbocycles. The van der Waals surface area contributed by atoms with Crippen LogP contribution in [-0.4, -0.2) is 24.8 Å². The molecule has 1 N–H and O–H groups in total. The van der Waals surface area contributed by atoms with Crippen molar-refractivity contribution in [2.24, 2.45) is 0 Å². The van der Waals surface area contributed by atoms with E-state index in [1.807, 2.05) is 0 Å². The molecule has 2 heterocycles. The molecule has 2 heteroatoms. The number of nitrogens with one attached hydrogen (secondary N) is 1. The minimum absolute atomic E-state index is 0.529. The minimum Gasteiger partial charge on any atom is -0.377 e. The van der Waals surface area contributed by atoms with E-state index < -0.39 is 0 Å². The van der Waals surface area contributed by atoms with Crippen molar-refractivity contribution in [1.29, 1.82) is 0 Å². The second-order valence-electron chi connectivity index (χ2n) is 4.39. The van der Waals surface area contributed by atoms with Crippen molar-refractivity contribution in [2.45, 2.75) is 63.6 Å². The van der Waals surface area contributed by atoms with Crippen LogP contribution in [0.5, 0.6) is 0 Å². The Morgan fingerprint density at radius 1 is 1.31 bits per heavy atom.